The molecule has 0 amide bonds. The summed E-state index contributed by atoms with van der Waals surface area (Å²) in [6, 6.07) is 21.6. The van der Waals surface area contributed by atoms with Crippen LogP contribution in [0.2, 0.25) is 18.6 Å². The largest absolute Gasteiger partial charge is 0.378 e. The second-order valence-corrected chi connectivity index (χ2v) is 12.7. The highest BCUT2D eigenvalue weighted by atomic mass is 28.3. The second kappa shape index (κ2) is 9.49. The zero-order valence-electron chi connectivity index (χ0n) is 16.2. The lowest BCUT2D eigenvalue weighted by Gasteiger charge is -2.37. The Morgan fingerprint density at radius 1 is 1.04 bits per heavy atom. The van der Waals surface area contributed by atoms with Gasteiger partial charge in [0.25, 0.3) is 0 Å². The molecule has 1 saturated heterocycles. The average molecular weight is 369 g/mol. The molecule has 1 heterocycles. The molecule has 1 aliphatic rings. The van der Waals surface area contributed by atoms with E-state index in [-0.39, 0.29) is 0 Å². The van der Waals surface area contributed by atoms with Crippen molar-refractivity contribution in [1.29, 1.82) is 0 Å². The van der Waals surface area contributed by atoms with E-state index in [0.29, 0.717) is 18.3 Å². The van der Waals surface area contributed by atoms with Crippen molar-refractivity contribution in [1.82, 2.24) is 0 Å². The first-order chi connectivity index (χ1) is 12.7. The van der Waals surface area contributed by atoms with Gasteiger partial charge >= 0.3 is 0 Å². The first-order valence-electron chi connectivity index (χ1n) is 9.97. The van der Waals surface area contributed by atoms with E-state index in [9.17, 15) is 0 Å². The molecule has 140 valence electrons. The SMILES string of the molecule is C[Si](C)(c1ccccc1)C(CCCOCc1ccccc1)C1CCCO1. The van der Waals surface area contributed by atoms with Gasteiger partial charge in [0, 0.05) is 13.2 Å². The highest BCUT2D eigenvalue weighted by molar-refractivity contribution is 6.91. The Balaban J connectivity index is 1.56. The van der Waals surface area contributed by atoms with Gasteiger partial charge in [-0.05, 0) is 36.8 Å². The van der Waals surface area contributed by atoms with Gasteiger partial charge in [-0.1, -0.05) is 78.9 Å². The minimum absolute atomic E-state index is 0.436. The quantitative estimate of drug-likeness (QED) is 0.450. The molecule has 3 heteroatoms. The molecule has 0 radical (unpaired) electrons. The Morgan fingerprint density at radius 3 is 2.38 bits per heavy atom. The van der Waals surface area contributed by atoms with Crippen molar-refractivity contribution < 1.29 is 9.47 Å². The van der Waals surface area contributed by atoms with Gasteiger partial charge in [0.2, 0.25) is 0 Å². The fourth-order valence-electron chi connectivity index (χ4n) is 4.18. The predicted molar refractivity (Wildman–Crippen MR) is 112 cm³/mol. The summed E-state index contributed by atoms with van der Waals surface area (Å²) in [5.74, 6) is 0. The number of ether oxygens (including phenoxy) is 2. The predicted octanol–water partition coefficient (Wildman–Crippen LogP) is 5.15. The summed E-state index contributed by atoms with van der Waals surface area (Å²) in [5, 5.41) is 1.55. The average Bonchev–Trinajstić information content (AvgIpc) is 3.20. The van der Waals surface area contributed by atoms with Gasteiger partial charge in [-0.2, -0.15) is 0 Å². The molecule has 2 aromatic rings. The van der Waals surface area contributed by atoms with E-state index < -0.39 is 8.07 Å². The van der Waals surface area contributed by atoms with E-state index in [4.69, 9.17) is 9.47 Å². The van der Waals surface area contributed by atoms with E-state index in [2.05, 4.69) is 67.7 Å². The van der Waals surface area contributed by atoms with Crippen LogP contribution in [-0.2, 0) is 16.1 Å². The standard InChI is InChI=1S/C23H32O2Si/c1-26(2,21-13-7-4-8-14-21)23(22-15-9-18-25-22)16-10-17-24-19-20-11-5-3-6-12-20/h3-8,11-14,22-23H,9-10,15-19H2,1-2H3. The zero-order valence-corrected chi connectivity index (χ0v) is 17.2. The first-order valence-corrected chi connectivity index (χ1v) is 13.0. The number of benzene rings is 2. The summed E-state index contributed by atoms with van der Waals surface area (Å²) >= 11 is 0. The van der Waals surface area contributed by atoms with Crippen LogP contribution in [0.5, 0.6) is 0 Å². The monoisotopic (exact) mass is 368 g/mol. The minimum atomic E-state index is -1.58. The van der Waals surface area contributed by atoms with Gasteiger partial charge < -0.3 is 9.47 Å². The number of rotatable bonds is 9. The maximum atomic E-state index is 6.14. The number of hydrogen-bond donors (Lipinski definition) is 0. The Morgan fingerprint density at radius 2 is 1.73 bits per heavy atom. The van der Waals surface area contributed by atoms with Gasteiger partial charge in [0.05, 0.1) is 20.8 Å². The molecule has 2 atom stereocenters. The van der Waals surface area contributed by atoms with Crippen LogP contribution in [0.1, 0.15) is 31.2 Å². The molecule has 2 nitrogen and oxygen atoms in total. The third-order valence-electron chi connectivity index (χ3n) is 5.77. The summed E-state index contributed by atoms with van der Waals surface area (Å²) in [6.45, 7) is 7.51. The Kier molecular flexibility index (Phi) is 7.06. The molecular formula is C23H32O2Si. The van der Waals surface area contributed by atoms with Crippen molar-refractivity contribution in [2.24, 2.45) is 0 Å². The summed E-state index contributed by atoms with van der Waals surface area (Å²) in [5.41, 5.74) is 1.91. The van der Waals surface area contributed by atoms with E-state index in [0.717, 1.165) is 19.6 Å². The summed E-state index contributed by atoms with van der Waals surface area (Å²) < 4.78 is 12.1. The lowest BCUT2D eigenvalue weighted by molar-refractivity contribution is 0.0893. The van der Waals surface area contributed by atoms with Gasteiger partial charge in [-0.3, -0.25) is 0 Å². The molecule has 26 heavy (non-hydrogen) atoms. The van der Waals surface area contributed by atoms with Crippen LogP contribution < -0.4 is 5.19 Å². The van der Waals surface area contributed by atoms with Gasteiger partial charge in [0.15, 0.2) is 0 Å². The molecule has 1 fully saturated rings. The molecule has 0 N–H and O–H groups in total. The summed E-state index contributed by atoms with van der Waals surface area (Å²) in [7, 11) is -1.58. The van der Waals surface area contributed by atoms with E-state index in [1.165, 1.54) is 24.8 Å². The summed E-state index contributed by atoms with van der Waals surface area (Å²) in [4.78, 5) is 0. The lowest BCUT2D eigenvalue weighted by atomic mass is 10.1. The van der Waals surface area contributed by atoms with Crippen molar-refractivity contribution in [3.63, 3.8) is 0 Å². The van der Waals surface area contributed by atoms with Gasteiger partial charge in [0.1, 0.15) is 0 Å². The van der Waals surface area contributed by atoms with Crippen molar-refractivity contribution in [2.75, 3.05) is 13.2 Å². The molecular weight excluding hydrogens is 336 g/mol. The van der Waals surface area contributed by atoms with E-state index in [1.807, 2.05) is 6.07 Å². The first kappa shape index (κ1) is 19.3. The van der Waals surface area contributed by atoms with Crippen molar-refractivity contribution in [3.8, 4) is 0 Å². The third-order valence-corrected chi connectivity index (χ3v) is 10.1. The second-order valence-electron chi connectivity index (χ2n) is 7.93. The van der Waals surface area contributed by atoms with Gasteiger partial charge in [-0.15, -0.1) is 0 Å². The molecule has 2 aromatic carbocycles. The van der Waals surface area contributed by atoms with Crippen LogP contribution in [0.3, 0.4) is 0 Å². The highest BCUT2D eigenvalue weighted by Gasteiger charge is 2.40. The Hall–Kier alpha value is -1.42. The molecule has 3 rings (SSSR count). The molecule has 0 aliphatic carbocycles. The Bertz CT molecular complexity index is 636. The Labute approximate surface area is 159 Å². The molecule has 1 aliphatic heterocycles. The van der Waals surface area contributed by atoms with E-state index in [1.54, 1.807) is 5.19 Å². The normalized spacial score (nSPS) is 18.8. The van der Waals surface area contributed by atoms with Crippen LogP contribution in [0.25, 0.3) is 0 Å². The van der Waals surface area contributed by atoms with Crippen LogP contribution in [0.15, 0.2) is 60.7 Å². The smallest absolute Gasteiger partial charge is 0.0862 e. The van der Waals surface area contributed by atoms with Crippen molar-refractivity contribution in [3.05, 3.63) is 66.2 Å². The maximum absolute atomic E-state index is 6.14. The highest BCUT2D eigenvalue weighted by Crippen LogP contribution is 2.36. The molecule has 0 spiro atoms. The lowest BCUT2D eigenvalue weighted by Crippen LogP contribution is -2.49. The van der Waals surface area contributed by atoms with Crippen LogP contribution in [-0.4, -0.2) is 27.4 Å². The molecule has 2 unspecified atom stereocenters. The summed E-state index contributed by atoms with van der Waals surface area (Å²) in [6.07, 6.45) is 5.18. The molecule has 0 aromatic heterocycles. The number of hydrogen-bond acceptors (Lipinski definition) is 2. The topological polar surface area (TPSA) is 18.5 Å². The molecule has 0 saturated carbocycles. The van der Waals surface area contributed by atoms with E-state index >= 15 is 0 Å². The fourth-order valence-corrected chi connectivity index (χ4v) is 7.78. The van der Waals surface area contributed by atoms with Crippen LogP contribution in [0.4, 0.5) is 0 Å². The van der Waals surface area contributed by atoms with Crippen LogP contribution in [0, 0.1) is 0 Å². The maximum Gasteiger partial charge on any atom is 0.0862 e. The van der Waals surface area contributed by atoms with Gasteiger partial charge in [-0.25, -0.2) is 0 Å². The van der Waals surface area contributed by atoms with Crippen molar-refractivity contribution in [2.45, 2.75) is 57.0 Å². The minimum Gasteiger partial charge on any atom is -0.378 e. The van der Waals surface area contributed by atoms with Crippen molar-refractivity contribution >= 4 is 13.3 Å². The zero-order chi connectivity index (χ0) is 18.2. The third kappa shape index (κ3) is 5.06. The fraction of sp³-hybridized carbons (Fsp3) is 0.478. The molecule has 0 bridgehead atoms. The van der Waals surface area contributed by atoms with Crippen LogP contribution >= 0.6 is 0 Å².